The Morgan fingerprint density at radius 1 is 1.18 bits per heavy atom. The normalized spacial score (nSPS) is 10.6. The monoisotopic (exact) mass is 406 g/mol. The molecule has 0 spiro atoms. The molecule has 144 valence electrons. The van der Waals surface area contributed by atoms with Gasteiger partial charge in [-0.15, -0.1) is 5.10 Å². The van der Waals surface area contributed by atoms with Crippen LogP contribution in [-0.2, 0) is 9.53 Å². The van der Waals surface area contributed by atoms with Crippen LogP contribution < -0.4 is 5.32 Å². The van der Waals surface area contributed by atoms with Gasteiger partial charge in [0, 0.05) is 11.1 Å². The summed E-state index contributed by atoms with van der Waals surface area (Å²) < 4.78 is 31.5. The number of hydrogen-bond donors (Lipinski definition) is 1. The third kappa shape index (κ3) is 4.49. The van der Waals surface area contributed by atoms with E-state index in [4.69, 9.17) is 16.3 Å². The van der Waals surface area contributed by atoms with E-state index in [1.807, 2.05) is 0 Å². The molecule has 10 heteroatoms. The van der Waals surface area contributed by atoms with Crippen molar-refractivity contribution < 1.29 is 23.1 Å². The highest BCUT2D eigenvalue weighted by Crippen LogP contribution is 2.16. The molecule has 0 fully saturated rings. The van der Waals surface area contributed by atoms with E-state index in [0.29, 0.717) is 10.7 Å². The van der Waals surface area contributed by atoms with Crippen molar-refractivity contribution >= 4 is 29.2 Å². The Kier molecular flexibility index (Phi) is 5.65. The molecule has 3 aromatic rings. The number of nitrogens with zero attached hydrogens (tertiary/aromatic N) is 3. The largest absolute Gasteiger partial charge is 0.451 e. The third-order valence-corrected chi connectivity index (χ3v) is 3.79. The lowest BCUT2D eigenvalue weighted by atomic mass is 10.3. The van der Waals surface area contributed by atoms with Crippen molar-refractivity contribution in [3.63, 3.8) is 0 Å². The molecule has 0 atom stereocenters. The van der Waals surface area contributed by atoms with Gasteiger partial charge in [-0.3, -0.25) is 4.79 Å². The van der Waals surface area contributed by atoms with Crippen molar-refractivity contribution in [1.29, 1.82) is 0 Å². The van der Waals surface area contributed by atoms with Gasteiger partial charge < -0.3 is 10.1 Å². The van der Waals surface area contributed by atoms with E-state index in [0.717, 1.165) is 18.2 Å². The Morgan fingerprint density at radius 3 is 2.71 bits per heavy atom. The lowest BCUT2D eigenvalue weighted by Crippen LogP contribution is -2.22. The van der Waals surface area contributed by atoms with Gasteiger partial charge >= 0.3 is 5.97 Å². The molecule has 0 radical (unpaired) electrons. The number of carbonyl (C=O) groups excluding carboxylic acids is 2. The molecule has 1 heterocycles. The van der Waals surface area contributed by atoms with Gasteiger partial charge in [0.05, 0.1) is 17.1 Å². The first-order valence-corrected chi connectivity index (χ1v) is 8.33. The third-order valence-electron chi connectivity index (χ3n) is 3.55. The lowest BCUT2D eigenvalue weighted by Gasteiger charge is -2.07. The summed E-state index contributed by atoms with van der Waals surface area (Å²) in [5, 5.41) is 10.7. The van der Waals surface area contributed by atoms with Crippen LogP contribution in [0.4, 0.5) is 14.5 Å². The molecule has 0 unspecified atom stereocenters. The smallest absolute Gasteiger partial charge is 0.361 e. The van der Waals surface area contributed by atoms with Crippen LogP contribution in [0.3, 0.4) is 0 Å². The highest BCUT2D eigenvalue weighted by molar-refractivity contribution is 6.30. The van der Waals surface area contributed by atoms with Crippen LogP contribution in [-0.4, -0.2) is 33.5 Å². The zero-order valence-electron chi connectivity index (χ0n) is 14.4. The highest BCUT2D eigenvalue weighted by Gasteiger charge is 2.19. The zero-order valence-corrected chi connectivity index (χ0v) is 15.2. The molecule has 7 nitrogen and oxygen atoms in total. The quantitative estimate of drug-likeness (QED) is 0.657. The minimum absolute atomic E-state index is 0.0929. The Labute approximate surface area is 162 Å². The minimum Gasteiger partial charge on any atom is -0.451 e. The first-order valence-electron chi connectivity index (χ1n) is 7.95. The van der Waals surface area contributed by atoms with Crippen molar-refractivity contribution in [2.45, 2.75) is 6.92 Å². The van der Waals surface area contributed by atoms with E-state index in [2.05, 4.69) is 15.5 Å². The second-order valence-corrected chi connectivity index (χ2v) is 6.09. The van der Waals surface area contributed by atoms with Crippen LogP contribution in [0.25, 0.3) is 5.69 Å². The topological polar surface area (TPSA) is 86.1 Å². The number of aryl methyl sites for hydroxylation is 1. The average molecular weight is 407 g/mol. The molecule has 0 bridgehead atoms. The van der Waals surface area contributed by atoms with Gasteiger partial charge in [-0.25, -0.2) is 13.6 Å². The number of rotatable bonds is 5. The number of ether oxygens (including phenoxy) is 1. The van der Waals surface area contributed by atoms with E-state index in [1.165, 1.54) is 4.80 Å². The van der Waals surface area contributed by atoms with Gasteiger partial charge in [-0.05, 0) is 37.3 Å². The fourth-order valence-electron chi connectivity index (χ4n) is 2.26. The maximum absolute atomic E-state index is 13.5. The summed E-state index contributed by atoms with van der Waals surface area (Å²) in [6.07, 6.45) is 0. The minimum atomic E-state index is -0.888. The van der Waals surface area contributed by atoms with E-state index in [9.17, 15) is 18.4 Å². The van der Waals surface area contributed by atoms with Crippen LogP contribution >= 0.6 is 11.6 Å². The fraction of sp³-hybridized carbons (Fsp3) is 0.111. The van der Waals surface area contributed by atoms with Gasteiger partial charge in [0.25, 0.3) is 5.91 Å². The molecule has 1 N–H and O–H groups in total. The Morgan fingerprint density at radius 2 is 1.96 bits per heavy atom. The molecule has 28 heavy (non-hydrogen) atoms. The Balaban J connectivity index is 1.65. The van der Waals surface area contributed by atoms with Gasteiger partial charge in [-0.1, -0.05) is 17.7 Å². The number of carbonyl (C=O) groups is 2. The van der Waals surface area contributed by atoms with Crippen LogP contribution in [0.2, 0.25) is 5.02 Å². The predicted octanol–water partition coefficient (Wildman–Crippen LogP) is 3.30. The summed E-state index contributed by atoms with van der Waals surface area (Å²) in [7, 11) is 0. The summed E-state index contributed by atoms with van der Waals surface area (Å²) >= 11 is 5.92. The number of anilines is 1. The molecule has 1 amide bonds. The summed E-state index contributed by atoms with van der Waals surface area (Å²) in [4.78, 5) is 25.2. The van der Waals surface area contributed by atoms with Crippen molar-refractivity contribution in [2.24, 2.45) is 0 Å². The summed E-state index contributed by atoms with van der Waals surface area (Å²) in [6.45, 7) is 0.838. The first-order chi connectivity index (χ1) is 13.3. The molecule has 2 aromatic carbocycles. The van der Waals surface area contributed by atoms with E-state index >= 15 is 0 Å². The number of esters is 1. The molecular formula is C18H13ClF2N4O3. The van der Waals surface area contributed by atoms with Gasteiger partial charge in [0.2, 0.25) is 0 Å². The van der Waals surface area contributed by atoms with Crippen molar-refractivity contribution in [3.05, 3.63) is 70.5 Å². The van der Waals surface area contributed by atoms with Crippen LogP contribution in [0, 0.1) is 18.6 Å². The van der Waals surface area contributed by atoms with Gasteiger partial charge in [-0.2, -0.15) is 9.90 Å². The summed E-state index contributed by atoms with van der Waals surface area (Å²) in [6, 6.07) is 9.28. The number of benzene rings is 2. The molecule has 3 rings (SSSR count). The van der Waals surface area contributed by atoms with Crippen LogP contribution in [0.15, 0.2) is 42.5 Å². The van der Waals surface area contributed by atoms with E-state index in [1.54, 1.807) is 31.2 Å². The summed E-state index contributed by atoms with van der Waals surface area (Å²) in [5.74, 6) is -3.26. The molecule has 0 saturated carbocycles. The number of halogens is 3. The highest BCUT2D eigenvalue weighted by atomic mass is 35.5. The molecule has 0 aliphatic rings. The number of nitrogens with one attached hydrogen (secondary N) is 1. The molecule has 0 aliphatic carbocycles. The molecule has 0 aliphatic heterocycles. The van der Waals surface area contributed by atoms with Gasteiger partial charge in [0.15, 0.2) is 12.3 Å². The maximum Gasteiger partial charge on any atom is 0.361 e. The van der Waals surface area contributed by atoms with E-state index < -0.39 is 30.1 Å². The summed E-state index contributed by atoms with van der Waals surface area (Å²) in [5.41, 5.74) is 0.365. The number of aromatic nitrogens is 3. The first kappa shape index (κ1) is 19.4. The SMILES string of the molecule is Cc1nn(-c2cccc(Cl)c2)nc1C(=O)OCC(=O)Nc1cc(F)ccc1F. The molecular weight excluding hydrogens is 394 g/mol. The van der Waals surface area contributed by atoms with Crippen LogP contribution in [0.5, 0.6) is 0 Å². The Hall–Kier alpha value is -3.33. The van der Waals surface area contributed by atoms with Crippen molar-refractivity contribution in [3.8, 4) is 5.69 Å². The average Bonchev–Trinajstić information content (AvgIpc) is 3.05. The zero-order chi connectivity index (χ0) is 20.3. The predicted molar refractivity (Wildman–Crippen MR) is 96.4 cm³/mol. The molecule has 0 saturated heterocycles. The lowest BCUT2D eigenvalue weighted by molar-refractivity contribution is -0.119. The van der Waals surface area contributed by atoms with Crippen molar-refractivity contribution in [2.75, 3.05) is 11.9 Å². The second kappa shape index (κ2) is 8.13. The Bertz CT molecular complexity index is 1060. The number of hydrogen-bond acceptors (Lipinski definition) is 5. The fourth-order valence-corrected chi connectivity index (χ4v) is 2.45. The van der Waals surface area contributed by atoms with Gasteiger partial charge in [0.1, 0.15) is 11.6 Å². The van der Waals surface area contributed by atoms with Crippen LogP contribution in [0.1, 0.15) is 16.2 Å². The standard InChI is InChI=1S/C18H13ClF2N4O3/c1-10-17(24-25(23-10)13-4-2-3-11(19)7-13)18(27)28-9-16(26)22-15-8-12(20)5-6-14(15)21/h2-8H,9H2,1H3,(H,22,26). The maximum atomic E-state index is 13.5. The van der Waals surface area contributed by atoms with E-state index in [-0.39, 0.29) is 17.1 Å². The number of amides is 1. The molecule has 1 aromatic heterocycles. The second-order valence-electron chi connectivity index (χ2n) is 5.65. The van der Waals surface area contributed by atoms with Crippen molar-refractivity contribution in [1.82, 2.24) is 15.0 Å².